The quantitative estimate of drug-likeness (QED) is 0.764. The average molecular weight is 280 g/mol. The van der Waals surface area contributed by atoms with Gasteiger partial charge < -0.3 is 5.32 Å². The number of rotatable bonds is 5. The summed E-state index contributed by atoms with van der Waals surface area (Å²) in [5.74, 6) is 0.865. The third kappa shape index (κ3) is 3.51. The molecule has 0 spiro atoms. The Morgan fingerprint density at radius 2 is 1.76 bits per heavy atom. The normalized spacial score (nSPS) is 20.0. The molecule has 0 aliphatic heterocycles. The molecule has 17 heavy (non-hydrogen) atoms. The van der Waals surface area contributed by atoms with Crippen LogP contribution in [0.2, 0.25) is 0 Å². The van der Waals surface area contributed by atoms with Crippen molar-refractivity contribution in [2.75, 3.05) is 11.8 Å². The van der Waals surface area contributed by atoms with Gasteiger partial charge >= 0.3 is 0 Å². The standard InChI is InChI=1S/C13H23Cl2NO/c1-3-13(9-14,10-15)16-11(17)12(2)7-5-4-6-8-12/h3-10H2,1-2H3,(H,16,17). The lowest BCUT2D eigenvalue weighted by atomic mass is 9.74. The summed E-state index contributed by atoms with van der Waals surface area (Å²) in [6, 6.07) is 0. The van der Waals surface area contributed by atoms with Gasteiger partial charge in [-0.05, 0) is 19.3 Å². The predicted octanol–water partition coefficient (Wildman–Crippen LogP) is 3.70. The van der Waals surface area contributed by atoms with Crippen molar-refractivity contribution in [2.24, 2.45) is 5.41 Å². The molecule has 1 fully saturated rings. The van der Waals surface area contributed by atoms with E-state index in [-0.39, 0.29) is 11.3 Å². The van der Waals surface area contributed by atoms with Crippen molar-refractivity contribution in [3.8, 4) is 0 Å². The molecule has 4 heteroatoms. The number of halogens is 2. The summed E-state index contributed by atoms with van der Waals surface area (Å²) in [6.07, 6.45) is 6.25. The molecule has 0 radical (unpaired) electrons. The molecule has 0 atom stereocenters. The minimum absolute atomic E-state index is 0.125. The van der Waals surface area contributed by atoms with E-state index >= 15 is 0 Å². The van der Waals surface area contributed by atoms with Crippen LogP contribution in [0.25, 0.3) is 0 Å². The second-order valence-corrected chi connectivity index (χ2v) is 6.01. The van der Waals surface area contributed by atoms with E-state index in [0.717, 1.165) is 32.1 Å². The van der Waals surface area contributed by atoms with Crippen LogP contribution in [0.4, 0.5) is 0 Å². The second-order valence-electron chi connectivity index (χ2n) is 5.48. The van der Waals surface area contributed by atoms with Gasteiger partial charge in [-0.15, -0.1) is 23.2 Å². The Bertz CT molecular complexity index is 250. The third-order valence-electron chi connectivity index (χ3n) is 4.07. The molecule has 1 N–H and O–H groups in total. The summed E-state index contributed by atoms with van der Waals surface area (Å²) >= 11 is 11.9. The van der Waals surface area contributed by atoms with Crippen LogP contribution in [0, 0.1) is 5.41 Å². The van der Waals surface area contributed by atoms with Crippen LogP contribution in [0.3, 0.4) is 0 Å². The number of carbonyl (C=O) groups is 1. The van der Waals surface area contributed by atoms with Crippen LogP contribution in [0.15, 0.2) is 0 Å². The summed E-state index contributed by atoms with van der Waals surface area (Å²) in [6.45, 7) is 4.07. The smallest absolute Gasteiger partial charge is 0.226 e. The second kappa shape index (κ2) is 6.29. The van der Waals surface area contributed by atoms with Gasteiger partial charge in [0, 0.05) is 17.2 Å². The van der Waals surface area contributed by atoms with Crippen LogP contribution in [-0.2, 0) is 4.79 Å². The monoisotopic (exact) mass is 279 g/mol. The van der Waals surface area contributed by atoms with E-state index in [1.807, 2.05) is 6.92 Å². The first-order chi connectivity index (χ1) is 8.02. The SMILES string of the molecule is CCC(CCl)(CCl)NC(=O)C1(C)CCCCC1. The van der Waals surface area contributed by atoms with E-state index in [1.165, 1.54) is 6.42 Å². The number of amides is 1. The van der Waals surface area contributed by atoms with E-state index in [2.05, 4.69) is 12.2 Å². The average Bonchev–Trinajstić information content (AvgIpc) is 2.37. The largest absolute Gasteiger partial charge is 0.348 e. The maximum atomic E-state index is 12.4. The molecule has 100 valence electrons. The lowest BCUT2D eigenvalue weighted by Gasteiger charge is -2.37. The summed E-state index contributed by atoms with van der Waals surface area (Å²) in [4.78, 5) is 12.4. The highest BCUT2D eigenvalue weighted by atomic mass is 35.5. The maximum Gasteiger partial charge on any atom is 0.226 e. The van der Waals surface area contributed by atoms with Gasteiger partial charge in [0.2, 0.25) is 5.91 Å². The molecule has 1 aliphatic rings. The highest BCUT2D eigenvalue weighted by Crippen LogP contribution is 2.36. The van der Waals surface area contributed by atoms with E-state index in [0.29, 0.717) is 11.8 Å². The highest BCUT2D eigenvalue weighted by molar-refractivity contribution is 6.22. The summed E-state index contributed by atoms with van der Waals surface area (Å²) in [5.41, 5.74) is -0.669. The number of nitrogens with one attached hydrogen (secondary N) is 1. The van der Waals surface area contributed by atoms with Crippen LogP contribution < -0.4 is 5.32 Å². The number of carbonyl (C=O) groups excluding carboxylic acids is 1. The molecular formula is C13H23Cl2NO. The molecule has 1 amide bonds. The molecule has 1 rings (SSSR count). The molecule has 1 aliphatic carbocycles. The topological polar surface area (TPSA) is 29.1 Å². The lowest BCUT2D eigenvalue weighted by molar-refractivity contribution is -0.133. The van der Waals surface area contributed by atoms with Gasteiger partial charge in [0.25, 0.3) is 0 Å². The highest BCUT2D eigenvalue weighted by Gasteiger charge is 2.38. The van der Waals surface area contributed by atoms with Crippen molar-refractivity contribution in [2.45, 2.75) is 57.9 Å². The fourth-order valence-corrected chi connectivity index (χ4v) is 3.13. The van der Waals surface area contributed by atoms with Crippen LogP contribution in [-0.4, -0.2) is 23.2 Å². The number of hydrogen-bond acceptors (Lipinski definition) is 1. The lowest BCUT2D eigenvalue weighted by Crippen LogP contribution is -2.55. The Morgan fingerprint density at radius 1 is 1.24 bits per heavy atom. The number of alkyl halides is 2. The minimum atomic E-state index is -0.444. The van der Waals surface area contributed by atoms with Crippen LogP contribution >= 0.6 is 23.2 Å². The molecule has 0 bridgehead atoms. The van der Waals surface area contributed by atoms with Crippen molar-refractivity contribution in [3.05, 3.63) is 0 Å². The van der Waals surface area contributed by atoms with Gasteiger partial charge in [0.05, 0.1) is 5.54 Å². The third-order valence-corrected chi connectivity index (χ3v) is 5.10. The van der Waals surface area contributed by atoms with Crippen LogP contribution in [0.1, 0.15) is 52.4 Å². The Hall–Kier alpha value is 0.0500. The fourth-order valence-electron chi connectivity index (χ4n) is 2.33. The molecule has 0 unspecified atom stereocenters. The van der Waals surface area contributed by atoms with Gasteiger partial charge in [-0.1, -0.05) is 33.1 Å². The fraction of sp³-hybridized carbons (Fsp3) is 0.923. The van der Waals surface area contributed by atoms with Gasteiger partial charge in [-0.2, -0.15) is 0 Å². The zero-order chi connectivity index (χ0) is 12.9. The summed E-state index contributed by atoms with van der Waals surface area (Å²) in [5, 5.41) is 3.09. The zero-order valence-electron chi connectivity index (χ0n) is 10.8. The molecule has 0 heterocycles. The van der Waals surface area contributed by atoms with Crippen molar-refractivity contribution in [3.63, 3.8) is 0 Å². The molecule has 0 saturated heterocycles. The Kier molecular flexibility index (Phi) is 5.59. The maximum absolute atomic E-state index is 12.4. The molecular weight excluding hydrogens is 257 g/mol. The van der Waals surface area contributed by atoms with E-state index < -0.39 is 5.54 Å². The van der Waals surface area contributed by atoms with E-state index in [4.69, 9.17) is 23.2 Å². The van der Waals surface area contributed by atoms with Crippen molar-refractivity contribution in [1.29, 1.82) is 0 Å². The first-order valence-electron chi connectivity index (χ1n) is 6.46. The van der Waals surface area contributed by atoms with E-state index in [1.54, 1.807) is 0 Å². The van der Waals surface area contributed by atoms with Crippen molar-refractivity contribution >= 4 is 29.1 Å². The van der Waals surface area contributed by atoms with Gasteiger partial charge in [0.15, 0.2) is 0 Å². The predicted molar refractivity (Wildman–Crippen MR) is 73.8 cm³/mol. The van der Waals surface area contributed by atoms with Crippen molar-refractivity contribution < 1.29 is 4.79 Å². The van der Waals surface area contributed by atoms with Gasteiger partial charge in [0.1, 0.15) is 0 Å². The minimum Gasteiger partial charge on any atom is -0.348 e. The first-order valence-corrected chi connectivity index (χ1v) is 7.53. The van der Waals surface area contributed by atoms with Gasteiger partial charge in [-0.25, -0.2) is 0 Å². The molecule has 2 nitrogen and oxygen atoms in total. The summed E-state index contributed by atoms with van der Waals surface area (Å²) in [7, 11) is 0. The Labute approximate surface area is 114 Å². The van der Waals surface area contributed by atoms with Gasteiger partial charge in [-0.3, -0.25) is 4.79 Å². The van der Waals surface area contributed by atoms with E-state index in [9.17, 15) is 4.79 Å². The molecule has 1 saturated carbocycles. The molecule has 0 aromatic carbocycles. The van der Waals surface area contributed by atoms with Crippen LogP contribution in [0.5, 0.6) is 0 Å². The first kappa shape index (κ1) is 15.1. The van der Waals surface area contributed by atoms with Crippen molar-refractivity contribution in [1.82, 2.24) is 5.32 Å². The molecule has 0 aromatic rings. The number of hydrogen-bond donors (Lipinski definition) is 1. The zero-order valence-corrected chi connectivity index (χ0v) is 12.3. The summed E-state index contributed by atoms with van der Waals surface area (Å²) < 4.78 is 0. The molecule has 0 aromatic heterocycles. The Morgan fingerprint density at radius 3 is 2.18 bits per heavy atom. The Balaban J connectivity index is 2.69.